The van der Waals surface area contributed by atoms with Crippen LogP contribution in [-0.2, 0) is 5.41 Å². The molecule has 3 heterocycles. The Hall–Kier alpha value is -2.08. The van der Waals surface area contributed by atoms with Gasteiger partial charge in [0.25, 0.3) is 5.91 Å². The summed E-state index contributed by atoms with van der Waals surface area (Å²) in [6.07, 6.45) is 4.03. The fourth-order valence-corrected chi connectivity index (χ4v) is 3.66. The molecule has 1 saturated heterocycles. The van der Waals surface area contributed by atoms with Crippen LogP contribution in [0.3, 0.4) is 0 Å². The van der Waals surface area contributed by atoms with Crippen LogP contribution in [0.5, 0.6) is 0 Å². The zero-order valence-electron chi connectivity index (χ0n) is 17.0. The summed E-state index contributed by atoms with van der Waals surface area (Å²) < 4.78 is 11.0. The summed E-state index contributed by atoms with van der Waals surface area (Å²) in [7, 11) is 0. The van der Waals surface area contributed by atoms with Crippen molar-refractivity contribution >= 4 is 5.91 Å². The number of carbonyl (C=O) groups excluding carboxylic acids is 1. The van der Waals surface area contributed by atoms with Gasteiger partial charge in [-0.3, -0.25) is 9.69 Å². The molecule has 6 nitrogen and oxygen atoms in total. The number of nitrogens with one attached hydrogen (secondary N) is 1. The molecule has 1 aliphatic rings. The molecule has 0 aliphatic carbocycles. The van der Waals surface area contributed by atoms with Crippen LogP contribution in [0, 0.1) is 12.8 Å². The lowest BCUT2D eigenvalue weighted by Crippen LogP contribution is -2.42. The second-order valence-electron chi connectivity index (χ2n) is 8.67. The number of carbonyl (C=O) groups is 1. The lowest BCUT2D eigenvalue weighted by molar-refractivity contribution is 0.0892. The number of nitrogens with zero attached hydrogens (tertiary/aromatic N) is 2. The zero-order valence-corrected chi connectivity index (χ0v) is 17.0. The number of piperidine rings is 1. The van der Waals surface area contributed by atoms with E-state index in [2.05, 4.69) is 22.3 Å². The third-order valence-electron chi connectivity index (χ3n) is 5.39. The highest BCUT2D eigenvalue weighted by atomic mass is 16.5. The summed E-state index contributed by atoms with van der Waals surface area (Å²) >= 11 is 0. The standard InChI is InChI=1S/C21H31N3O3/c1-14-8-10-24(11-9-14)16(17-7-6-12-26-17)13-22-20(25)18-15(2)27-23-19(18)21(3,4)5/h6-7,12,14,16H,8-11,13H2,1-5H3,(H,22,25). The Morgan fingerprint density at radius 1 is 1.37 bits per heavy atom. The number of aryl methyl sites for hydroxylation is 1. The molecule has 0 bridgehead atoms. The maximum Gasteiger partial charge on any atom is 0.256 e. The highest BCUT2D eigenvalue weighted by Gasteiger charge is 2.31. The van der Waals surface area contributed by atoms with Crippen LogP contribution in [0.1, 0.15) is 74.2 Å². The van der Waals surface area contributed by atoms with Crippen molar-refractivity contribution in [3.8, 4) is 0 Å². The van der Waals surface area contributed by atoms with Gasteiger partial charge in [-0.15, -0.1) is 0 Å². The van der Waals surface area contributed by atoms with Crippen LogP contribution in [0.4, 0.5) is 0 Å². The first kappa shape index (κ1) is 19.7. The summed E-state index contributed by atoms with van der Waals surface area (Å²) in [6.45, 7) is 12.7. The van der Waals surface area contributed by atoms with E-state index in [9.17, 15) is 4.79 Å². The monoisotopic (exact) mass is 373 g/mol. The van der Waals surface area contributed by atoms with Gasteiger partial charge in [-0.1, -0.05) is 32.9 Å². The molecule has 27 heavy (non-hydrogen) atoms. The molecule has 148 valence electrons. The number of likely N-dealkylation sites (tertiary alicyclic amines) is 1. The van der Waals surface area contributed by atoms with Crippen LogP contribution < -0.4 is 5.32 Å². The minimum atomic E-state index is -0.256. The van der Waals surface area contributed by atoms with Gasteiger partial charge in [0.2, 0.25) is 0 Å². The quantitative estimate of drug-likeness (QED) is 0.855. The normalized spacial score (nSPS) is 17.8. The summed E-state index contributed by atoms with van der Waals surface area (Å²) in [6, 6.07) is 3.92. The molecule has 0 aromatic carbocycles. The van der Waals surface area contributed by atoms with Gasteiger partial charge in [0, 0.05) is 12.0 Å². The van der Waals surface area contributed by atoms with E-state index in [0.29, 0.717) is 23.6 Å². The van der Waals surface area contributed by atoms with Crippen LogP contribution in [-0.4, -0.2) is 35.6 Å². The molecule has 1 atom stereocenters. The molecular formula is C21H31N3O3. The number of rotatable bonds is 5. The molecule has 6 heteroatoms. The van der Waals surface area contributed by atoms with Crippen molar-refractivity contribution in [2.45, 2.75) is 58.9 Å². The van der Waals surface area contributed by atoms with Crippen LogP contribution >= 0.6 is 0 Å². The minimum Gasteiger partial charge on any atom is -0.468 e. The highest BCUT2D eigenvalue weighted by Crippen LogP contribution is 2.29. The average molecular weight is 373 g/mol. The minimum absolute atomic E-state index is 0.0368. The molecule has 1 N–H and O–H groups in total. The topological polar surface area (TPSA) is 71.5 Å². The van der Waals surface area contributed by atoms with Crippen molar-refractivity contribution in [1.29, 1.82) is 0 Å². The van der Waals surface area contributed by atoms with E-state index >= 15 is 0 Å². The van der Waals surface area contributed by atoms with Gasteiger partial charge in [-0.25, -0.2) is 0 Å². The SMILES string of the molecule is Cc1onc(C(C)(C)C)c1C(=O)NCC(c1ccco1)N1CCC(C)CC1. The van der Waals surface area contributed by atoms with Crippen molar-refractivity contribution in [2.75, 3.05) is 19.6 Å². The predicted octanol–water partition coefficient (Wildman–Crippen LogP) is 4.08. The fraction of sp³-hybridized carbons (Fsp3) is 0.619. The van der Waals surface area contributed by atoms with E-state index in [4.69, 9.17) is 8.94 Å². The molecule has 2 aromatic rings. The van der Waals surface area contributed by atoms with Gasteiger partial charge >= 0.3 is 0 Å². The Morgan fingerprint density at radius 2 is 2.07 bits per heavy atom. The van der Waals surface area contributed by atoms with E-state index in [1.807, 2.05) is 32.9 Å². The first-order valence-electron chi connectivity index (χ1n) is 9.79. The molecule has 3 rings (SSSR count). The lowest BCUT2D eigenvalue weighted by Gasteiger charge is -2.35. The third kappa shape index (κ3) is 4.43. The molecule has 0 radical (unpaired) electrons. The Bertz CT molecular complexity index is 750. The lowest BCUT2D eigenvalue weighted by atomic mass is 9.88. The maximum absolute atomic E-state index is 12.9. The Labute approximate surface area is 161 Å². The maximum atomic E-state index is 12.9. The van der Waals surface area contributed by atoms with Crippen molar-refractivity contribution in [2.24, 2.45) is 5.92 Å². The number of aromatic nitrogens is 1. The summed E-state index contributed by atoms with van der Waals surface area (Å²) in [5.41, 5.74) is 0.986. The van der Waals surface area contributed by atoms with Gasteiger partial charge in [0.1, 0.15) is 22.8 Å². The Morgan fingerprint density at radius 3 is 2.67 bits per heavy atom. The van der Waals surface area contributed by atoms with Gasteiger partial charge < -0.3 is 14.3 Å². The van der Waals surface area contributed by atoms with Gasteiger partial charge in [0.05, 0.1) is 12.3 Å². The van der Waals surface area contributed by atoms with E-state index in [-0.39, 0.29) is 17.4 Å². The van der Waals surface area contributed by atoms with E-state index in [1.54, 1.807) is 13.2 Å². The number of hydrogen-bond donors (Lipinski definition) is 1. The van der Waals surface area contributed by atoms with Gasteiger partial charge in [-0.2, -0.15) is 0 Å². The van der Waals surface area contributed by atoms with E-state index in [1.165, 1.54) is 12.8 Å². The molecule has 0 saturated carbocycles. The number of hydrogen-bond acceptors (Lipinski definition) is 5. The zero-order chi connectivity index (χ0) is 19.6. The van der Waals surface area contributed by atoms with Gasteiger partial charge in [-0.05, 0) is 50.9 Å². The first-order chi connectivity index (χ1) is 12.8. The molecule has 0 spiro atoms. The van der Waals surface area contributed by atoms with E-state index < -0.39 is 0 Å². The molecule has 1 fully saturated rings. The Balaban J connectivity index is 1.74. The van der Waals surface area contributed by atoms with Crippen LogP contribution in [0.15, 0.2) is 27.3 Å². The van der Waals surface area contributed by atoms with Crippen molar-refractivity contribution in [3.05, 3.63) is 41.2 Å². The number of furan rings is 1. The molecule has 1 amide bonds. The average Bonchev–Trinajstić information content (AvgIpc) is 3.25. The van der Waals surface area contributed by atoms with E-state index in [0.717, 1.165) is 24.8 Å². The Kier molecular flexibility index (Phi) is 5.75. The number of amides is 1. The predicted molar refractivity (Wildman–Crippen MR) is 104 cm³/mol. The molecular weight excluding hydrogens is 342 g/mol. The fourth-order valence-electron chi connectivity index (χ4n) is 3.66. The van der Waals surface area contributed by atoms with Crippen molar-refractivity contribution in [1.82, 2.24) is 15.4 Å². The van der Waals surface area contributed by atoms with Crippen molar-refractivity contribution in [3.63, 3.8) is 0 Å². The summed E-state index contributed by atoms with van der Waals surface area (Å²) in [5.74, 6) is 2.06. The molecule has 1 unspecified atom stereocenters. The third-order valence-corrected chi connectivity index (χ3v) is 5.39. The molecule has 2 aromatic heterocycles. The largest absolute Gasteiger partial charge is 0.468 e. The van der Waals surface area contributed by atoms with Crippen LogP contribution in [0.25, 0.3) is 0 Å². The summed E-state index contributed by atoms with van der Waals surface area (Å²) in [4.78, 5) is 15.3. The smallest absolute Gasteiger partial charge is 0.256 e. The highest BCUT2D eigenvalue weighted by molar-refractivity contribution is 5.96. The summed E-state index contributed by atoms with van der Waals surface area (Å²) in [5, 5.41) is 7.21. The second-order valence-corrected chi connectivity index (χ2v) is 8.67. The van der Waals surface area contributed by atoms with Gasteiger partial charge in [0.15, 0.2) is 0 Å². The second kappa shape index (κ2) is 7.89. The van der Waals surface area contributed by atoms with Crippen molar-refractivity contribution < 1.29 is 13.7 Å². The van der Waals surface area contributed by atoms with Crippen LogP contribution in [0.2, 0.25) is 0 Å². The molecule has 1 aliphatic heterocycles. The first-order valence-corrected chi connectivity index (χ1v) is 9.79.